The third-order valence-corrected chi connectivity index (χ3v) is 3.34. The van der Waals surface area contributed by atoms with Gasteiger partial charge in [-0.05, 0) is 6.92 Å². The lowest BCUT2D eigenvalue weighted by molar-refractivity contribution is -0.136. The van der Waals surface area contributed by atoms with Gasteiger partial charge in [-0.1, -0.05) is 12.2 Å². The average molecular weight is 221 g/mol. The lowest BCUT2D eigenvalue weighted by Gasteiger charge is -2.16. The summed E-state index contributed by atoms with van der Waals surface area (Å²) in [6, 6.07) is 0. The molecule has 0 spiro atoms. The van der Waals surface area contributed by atoms with Crippen molar-refractivity contribution < 1.29 is 18.3 Å². The topological polar surface area (TPSA) is 74.7 Å². The molecule has 5 nitrogen and oxygen atoms in total. The van der Waals surface area contributed by atoms with Crippen molar-refractivity contribution in [3.8, 4) is 0 Å². The maximum absolute atomic E-state index is 11.4. The highest BCUT2D eigenvalue weighted by Crippen LogP contribution is 2.03. The van der Waals surface area contributed by atoms with Crippen LogP contribution < -0.4 is 0 Å². The summed E-state index contributed by atoms with van der Waals surface area (Å²) in [5.41, 5.74) is 0.714. The molecule has 0 aliphatic rings. The molecule has 0 fully saturated rings. The number of likely N-dealkylation sites (N-methyl/N-ethyl adjacent to an activating group) is 1. The van der Waals surface area contributed by atoms with Gasteiger partial charge in [0, 0.05) is 13.6 Å². The summed E-state index contributed by atoms with van der Waals surface area (Å²) in [5, 5.41) is 8.34. The molecule has 0 rings (SSSR count). The van der Waals surface area contributed by atoms with Crippen molar-refractivity contribution in [1.82, 2.24) is 4.31 Å². The van der Waals surface area contributed by atoms with E-state index < -0.39 is 16.0 Å². The molecule has 0 aliphatic carbocycles. The Bertz CT molecular complexity index is 320. The van der Waals surface area contributed by atoms with Crippen LogP contribution >= 0.6 is 0 Å². The average Bonchev–Trinajstić information content (AvgIpc) is 1.99. The Morgan fingerprint density at radius 3 is 2.36 bits per heavy atom. The molecule has 0 aromatic rings. The van der Waals surface area contributed by atoms with Gasteiger partial charge in [0.15, 0.2) is 0 Å². The number of aliphatic carboxylic acids is 1. The molecule has 1 N–H and O–H groups in total. The van der Waals surface area contributed by atoms with Crippen LogP contribution in [0.3, 0.4) is 0 Å². The largest absolute Gasteiger partial charge is 0.481 e. The molecule has 82 valence electrons. The minimum Gasteiger partial charge on any atom is -0.481 e. The number of hydrogen-bond acceptors (Lipinski definition) is 3. The van der Waals surface area contributed by atoms with Gasteiger partial charge < -0.3 is 5.11 Å². The summed E-state index contributed by atoms with van der Waals surface area (Å²) in [7, 11) is -2.05. The molecular formula is C8H15NO4S. The third kappa shape index (κ3) is 4.98. The smallest absolute Gasteiger partial charge is 0.304 e. The van der Waals surface area contributed by atoms with Crippen LogP contribution in [0.15, 0.2) is 12.2 Å². The zero-order chi connectivity index (χ0) is 11.4. The normalized spacial score (nSPS) is 11.6. The summed E-state index contributed by atoms with van der Waals surface area (Å²) in [4.78, 5) is 10.2. The summed E-state index contributed by atoms with van der Waals surface area (Å²) >= 11 is 0. The maximum Gasteiger partial charge on any atom is 0.304 e. The first-order valence-electron chi connectivity index (χ1n) is 4.06. The van der Waals surface area contributed by atoms with E-state index in [9.17, 15) is 13.2 Å². The fraction of sp³-hybridized carbons (Fsp3) is 0.625. The van der Waals surface area contributed by atoms with Gasteiger partial charge in [-0.25, -0.2) is 12.7 Å². The molecule has 0 unspecified atom stereocenters. The Morgan fingerprint density at radius 1 is 1.50 bits per heavy atom. The second-order valence-electron chi connectivity index (χ2n) is 3.17. The highest BCUT2D eigenvalue weighted by atomic mass is 32.2. The Morgan fingerprint density at radius 2 is 2.00 bits per heavy atom. The number of hydrogen-bond donors (Lipinski definition) is 1. The first kappa shape index (κ1) is 13.1. The van der Waals surface area contributed by atoms with E-state index in [4.69, 9.17) is 5.11 Å². The van der Waals surface area contributed by atoms with Crippen LogP contribution in [0.2, 0.25) is 0 Å². The zero-order valence-electron chi connectivity index (χ0n) is 8.36. The SMILES string of the molecule is C=C(C)CN(C)S(=O)(=O)CCC(=O)O. The molecule has 14 heavy (non-hydrogen) atoms. The van der Waals surface area contributed by atoms with Crippen LogP contribution in [-0.4, -0.2) is 43.1 Å². The van der Waals surface area contributed by atoms with Crippen LogP contribution in [-0.2, 0) is 14.8 Å². The number of rotatable bonds is 6. The minimum absolute atomic E-state index is 0.224. The van der Waals surface area contributed by atoms with E-state index in [1.54, 1.807) is 6.92 Å². The Hall–Kier alpha value is -0.880. The van der Waals surface area contributed by atoms with E-state index in [2.05, 4.69) is 6.58 Å². The molecule has 0 radical (unpaired) electrons. The van der Waals surface area contributed by atoms with Crippen LogP contribution in [0.4, 0.5) is 0 Å². The Balaban J connectivity index is 4.31. The summed E-state index contributed by atoms with van der Waals surface area (Å²) < 4.78 is 23.9. The fourth-order valence-corrected chi connectivity index (χ4v) is 2.01. The van der Waals surface area contributed by atoms with E-state index in [1.807, 2.05) is 0 Å². The van der Waals surface area contributed by atoms with Crippen molar-refractivity contribution in [3.63, 3.8) is 0 Å². The first-order chi connectivity index (χ1) is 6.25. The predicted octanol–water partition coefficient (Wildman–Crippen LogP) is 0.299. The van der Waals surface area contributed by atoms with Crippen LogP contribution in [0.5, 0.6) is 0 Å². The maximum atomic E-state index is 11.4. The number of carbonyl (C=O) groups is 1. The van der Waals surface area contributed by atoms with Gasteiger partial charge in [0.1, 0.15) is 0 Å². The molecule has 0 amide bonds. The zero-order valence-corrected chi connectivity index (χ0v) is 9.17. The number of carboxylic acids is 1. The second-order valence-corrected chi connectivity index (χ2v) is 5.37. The monoisotopic (exact) mass is 221 g/mol. The van der Waals surface area contributed by atoms with Crippen molar-refractivity contribution in [2.45, 2.75) is 13.3 Å². The van der Waals surface area contributed by atoms with Gasteiger partial charge in [0.2, 0.25) is 10.0 Å². The summed E-state index contributed by atoms with van der Waals surface area (Å²) in [5.74, 6) is -1.48. The van der Waals surface area contributed by atoms with Crippen LogP contribution in [0.25, 0.3) is 0 Å². The summed E-state index contributed by atoms with van der Waals surface area (Å²) in [6.45, 7) is 5.52. The number of carboxylic acid groups (broad SMARTS) is 1. The van der Waals surface area contributed by atoms with E-state index in [-0.39, 0.29) is 18.7 Å². The summed E-state index contributed by atoms with van der Waals surface area (Å²) in [6.07, 6.45) is -0.372. The van der Waals surface area contributed by atoms with Crippen molar-refractivity contribution in [2.75, 3.05) is 19.3 Å². The van der Waals surface area contributed by atoms with Gasteiger partial charge in [-0.2, -0.15) is 0 Å². The Labute approximate surface area is 84.1 Å². The van der Waals surface area contributed by atoms with Gasteiger partial charge in [-0.3, -0.25) is 4.79 Å². The fourth-order valence-electron chi connectivity index (χ4n) is 0.851. The molecule has 0 heterocycles. The van der Waals surface area contributed by atoms with E-state index in [0.717, 1.165) is 4.31 Å². The van der Waals surface area contributed by atoms with Gasteiger partial charge in [0.05, 0.1) is 12.2 Å². The third-order valence-electron chi connectivity index (χ3n) is 1.54. The lowest BCUT2D eigenvalue weighted by atomic mass is 10.4. The van der Waals surface area contributed by atoms with Crippen LogP contribution in [0, 0.1) is 0 Å². The second kappa shape index (κ2) is 5.11. The van der Waals surface area contributed by atoms with E-state index >= 15 is 0 Å². The van der Waals surface area contributed by atoms with Crippen molar-refractivity contribution in [2.24, 2.45) is 0 Å². The molecule has 0 aromatic carbocycles. The van der Waals surface area contributed by atoms with Crippen molar-refractivity contribution >= 4 is 16.0 Å². The predicted molar refractivity (Wildman–Crippen MR) is 53.5 cm³/mol. The molecule has 0 aliphatic heterocycles. The standard InChI is InChI=1S/C8H15NO4S/c1-7(2)6-9(3)14(12,13)5-4-8(10)11/h1,4-6H2,2-3H3,(H,10,11). The van der Waals surface area contributed by atoms with Gasteiger partial charge in [-0.15, -0.1) is 0 Å². The van der Waals surface area contributed by atoms with Crippen LogP contribution in [0.1, 0.15) is 13.3 Å². The lowest BCUT2D eigenvalue weighted by Crippen LogP contribution is -2.31. The molecular weight excluding hydrogens is 206 g/mol. The van der Waals surface area contributed by atoms with Gasteiger partial charge in [0.25, 0.3) is 0 Å². The number of sulfonamides is 1. The van der Waals surface area contributed by atoms with Crippen molar-refractivity contribution in [3.05, 3.63) is 12.2 Å². The molecule has 0 saturated carbocycles. The highest BCUT2D eigenvalue weighted by molar-refractivity contribution is 7.89. The van der Waals surface area contributed by atoms with Crippen molar-refractivity contribution in [1.29, 1.82) is 0 Å². The molecule has 0 bridgehead atoms. The Kier molecular flexibility index (Phi) is 4.79. The van der Waals surface area contributed by atoms with Gasteiger partial charge >= 0.3 is 5.97 Å². The number of nitrogens with zero attached hydrogens (tertiary/aromatic N) is 1. The molecule has 0 aromatic heterocycles. The minimum atomic E-state index is -3.46. The highest BCUT2D eigenvalue weighted by Gasteiger charge is 2.18. The molecule has 0 atom stereocenters. The molecule has 0 saturated heterocycles. The van der Waals surface area contributed by atoms with E-state index in [1.165, 1.54) is 7.05 Å². The first-order valence-corrected chi connectivity index (χ1v) is 5.67. The quantitative estimate of drug-likeness (QED) is 0.654. The molecule has 6 heteroatoms. The van der Waals surface area contributed by atoms with E-state index in [0.29, 0.717) is 5.57 Å².